The Hall–Kier alpha value is -1.77. The molecule has 24 heavy (non-hydrogen) atoms. The Morgan fingerprint density at radius 3 is 2.42 bits per heavy atom. The fourth-order valence-electron chi connectivity index (χ4n) is 3.16. The second-order valence-electron chi connectivity index (χ2n) is 6.18. The van der Waals surface area contributed by atoms with Gasteiger partial charge in [0.15, 0.2) is 5.03 Å². The van der Waals surface area contributed by atoms with Crippen LogP contribution in [-0.4, -0.2) is 47.2 Å². The molecular weight excluding hydrogens is 326 g/mol. The first-order valence-electron chi connectivity index (χ1n) is 8.11. The van der Waals surface area contributed by atoms with Crippen LogP contribution in [-0.2, 0) is 17.1 Å². The van der Waals surface area contributed by atoms with Gasteiger partial charge >= 0.3 is 0 Å². The molecule has 0 amide bonds. The van der Waals surface area contributed by atoms with E-state index in [9.17, 15) is 8.42 Å². The molecule has 0 radical (unpaired) electrons. The van der Waals surface area contributed by atoms with Crippen molar-refractivity contribution >= 4 is 10.0 Å². The summed E-state index contributed by atoms with van der Waals surface area (Å²) in [5, 5.41) is 4.13. The maximum absolute atomic E-state index is 12.4. The van der Waals surface area contributed by atoms with Gasteiger partial charge in [0.2, 0.25) is 0 Å². The fraction of sp³-hybridized carbons (Fsp3) is 0.500. The molecular formula is C16H23N5O2S. The van der Waals surface area contributed by atoms with Gasteiger partial charge in [-0.15, -0.1) is 0 Å². The SMILES string of the molecule is CC(c1ccncc1)N1CCC(NS(=O)(=O)c2ccnn2C)CC1. The average molecular weight is 349 g/mol. The number of aromatic nitrogens is 3. The molecule has 130 valence electrons. The van der Waals surface area contributed by atoms with Crippen LogP contribution in [0.4, 0.5) is 0 Å². The van der Waals surface area contributed by atoms with Crippen LogP contribution >= 0.6 is 0 Å². The Balaban J connectivity index is 1.59. The third-order valence-electron chi connectivity index (χ3n) is 4.64. The summed E-state index contributed by atoms with van der Waals surface area (Å²) in [6.07, 6.45) is 6.70. The number of hydrogen-bond donors (Lipinski definition) is 1. The average Bonchev–Trinajstić information content (AvgIpc) is 3.02. The minimum atomic E-state index is -3.51. The molecule has 1 saturated heterocycles. The molecule has 2 aromatic rings. The quantitative estimate of drug-likeness (QED) is 0.881. The molecule has 0 aliphatic carbocycles. The van der Waals surface area contributed by atoms with Crippen molar-refractivity contribution in [3.63, 3.8) is 0 Å². The minimum absolute atomic E-state index is 0.0363. The lowest BCUT2D eigenvalue weighted by Gasteiger charge is -2.36. The number of sulfonamides is 1. The van der Waals surface area contributed by atoms with Crippen molar-refractivity contribution in [1.29, 1.82) is 0 Å². The van der Waals surface area contributed by atoms with Crippen LogP contribution in [0, 0.1) is 0 Å². The predicted octanol–water partition coefficient (Wildman–Crippen LogP) is 1.32. The summed E-state index contributed by atoms with van der Waals surface area (Å²) in [6, 6.07) is 5.85. The normalized spacial score (nSPS) is 18.6. The molecule has 3 heterocycles. The van der Waals surface area contributed by atoms with E-state index in [-0.39, 0.29) is 11.1 Å². The van der Waals surface area contributed by atoms with E-state index in [4.69, 9.17) is 0 Å². The summed E-state index contributed by atoms with van der Waals surface area (Å²) in [6.45, 7) is 3.90. The van der Waals surface area contributed by atoms with Gasteiger partial charge in [0.1, 0.15) is 0 Å². The first kappa shape index (κ1) is 17.1. The summed E-state index contributed by atoms with van der Waals surface area (Å²) in [4.78, 5) is 6.43. The Morgan fingerprint density at radius 1 is 1.17 bits per heavy atom. The van der Waals surface area contributed by atoms with Gasteiger partial charge in [-0.25, -0.2) is 13.1 Å². The Morgan fingerprint density at radius 2 is 1.83 bits per heavy atom. The summed E-state index contributed by atoms with van der Waals surface area (Å²) in [7, 11) is -1.88. The third-order valence-corrected chi connectivity index (χ3v) is 6.23. The molecule has 7 nitrogen and oxygen atoms in total. The van der Waals surface area contributed by atoms with Crippen molar-refractivity contribution in [2.45, 2.75) is 36.9 Å². The highest BCUT2D eigenvalue weighted by Crippen LogP contribution is 2.24. The molecule has 1 atom stereocenters. The summed E-state index contributed by atoms with van der Waals surface area (Å²) >= 11 is 0. The second kappa shape index (κ2) is 7.00. The number of nitrogens with one attached hydrogen (secondary N) is 1. The zero-order valence-electron chi connectivity index (χ0n) is 14.0. The molecule has 1 N–H and O–H groups in total. The molecule has 1 aliphatic heterocycles. The molecule has 1 fully saturated rings. The van der Waals surface area contributed by atoms with Crippen LogP contribution in [0.1, 0.15) is 31.4 Å². The number of hydrogen-bond acceptors (Lipinski definition) is 5. The van der Waals surface area contributed by atoms with E-state index in [0.717, 1.165) is 25.9 Å². The van der Waals surface area contributed by atoms with Crippen molar-refractivity contribution in [2.24, 2.45) is 7.05 Å². The molecule has 2 aromatic heterocycles. The van der Waals surface area contributed by atoms with Gasteiger partial charge in [-0.05, 0) is 43.5 Å². The molecule has 0 saturated carbocycles. The fourth-order valence-corrected chi connectivity index (χ4v) is 4.59. The second-order valence-corrected chi connectivity index (χ2v) is 7.84. The van der Waals surface area contributed by atoms with Crippen molar-refractivity contribution < 1.29 is 8.42 Å². The number of nitrogens with zero attached hydrogens (tertiary/aromatic N) is 4. The van der Waals surface area contributed by atoms with Gasteiger partial charge in [0.05, 0.1) is 6.20 Å². The summed E-state index contributed by atoms with van der Waals surface area (Å²) in [5.74, 6) is 0. The third kappa shape index (κ3) is 3.66. The first-order chi connectivity index (χ1) is 11.5. The minimum Gasteiger partial charge on any atom is -0.296 e. The number of rotatable bonds is 5. The lowest BCUT2D eigenvalue weighted by molar-refractivity contribution is 0.159. The van der Waals surface area contributed by atoms with Gasteiger partial charge in [0, 0.05) is 44.6 Å². The number of pyridine rings is 1. The zero-order chi connectivity index (χ0) is 17.2. The first-order valence-corrected chi connectivity index (χ1v) is 9.60. The van der Waals surface area contributed by atoms with Gasteiger partial charge in [0.25, 0.3) is 10.0 Å². The lowest BCUT2D eigenvalue weighted by atomic mass is 10.0. The van der Waals surface area contributed by atoms with Crippen molar-refractivity contribution in [1.82, 2.24) is 24.4 Å². The van der Waals surface area contributed by atoms with Crippen molar-refractivity contribution in [3.05, 3.63) is 42.4 Å². The van der Waals surface area contributed by atoms with E-state index in [0.29, 0.717) is 6.04 Å². The zero-order valence-corrected chi connectivity index (χ0v) is 14.8. The molecule has 0 aromatic carbocycles. The van der Waals surface area contributed by atoms with Crippen LogP contribution in [0.15, 0.2) is 41.8 Å². The van der Waals surface area contributed by atoms with Crippen molar-refractivity contribution in [3.8, 4) is 0 Å². The number of aryl methyl sites for hydroxylation is 1. The molecule has 0 spiro atoms. The van der Waals surface area contributed by atoms with E-state index < -0.39 is 10.0 Å². The monoisotopic (exact) mass is 349 g/mol. The van der Waals surface area contributed by atoms with Crippen LogP contribution in [0.3, 0.4) is 0 Å². The van der Waals surface area contributed by atoms with E-state index >= 15 is 0 Å². The van der Waals surface area contributed by atoms with E-state index in [1.807, 2.05) is 12.1 Å². The van der Waals surface area contributed by atoms with Crippen LogP contribution in [0.5, 0.6) is 0 Å². The maximum atomic E-state index is 12.4. The summed E-state index contributed by atoms with van der Waals surface area (Å²) in [5.41, 5.74) is 1.24. The number of likely N-dealkylation sites (tertiary alicyclic amines) is 1. The smallest absolute Gasteiger partial charge is 0.257 e. The molecule has 1 aliphatic rings. The predicted molar refractivity (Wildman–Crippen MR) is 90.8 cm³/mol. The van der Waals surface area contributed by atoms with Gasteiger partial charge in [-0.2, -0.15) is 5.10 Å². The highest BCUT2D eigenvalue weighted by molar-refractivity contribution is 7.89. The maximum Gasteiger partial charge on any atom is 0.257 e. The molecule has 8 heteroatoms. The van der Waals surface area contributed by atoms with E-state index in [1.54, 1.807) is 19.4 Å². The van der Waals surface area contributed by atoms with Gasteiger partial charge in [-0.1, -0.05) is 0 Å². The van der Waals surface area contributed by atoms with E-state index in [2.05, 4.69) is 26.6 Å². The van der Waals surface area contributed by atoms with Crippen LogP contribution in [0.2, 0.25) is 0 Å². The van der Waals surface area contributed by atoms with Crippen LogP contribution < -0.4 is 4.72 Å². The summed E-state index contributed by atoms with van der Waals surface area (Å²) < 4.78 is 29.0. The number of piperidine rings is 1. The Labute approximate surface area is 142 Å². The van der Waals surface area contributed by atoms with Gasteiger partial charge < -0.3 is 0 Å². The van der Waals surface area contributed by atoms with Crippen molar-refractivity contribution in [2.75, 3.05) is 13.1 Å². The van der Waals surface area contributed by atoms with Crippen LogP contribution in [0.25, 0.3) is 0 Å². The van der Waals surface area contributed by atoms with Gasteiger partial charge in [-0.3, -0.25) is 14.6 Å². The lowest BCUT2D eigenvalue weighted by Crippen LogP contribution is -2.45. The van der Waals surface area contributed by atoms with E-state index in [1.165, 1.54) is 22.5 Å². The molecule has 1 unspecified atom stereocenters. The topological polar surface area (TPSA) is 80.1 Å². The molecule has 0 bridgehead atoms. The Bertz CT molecular complexity index is 767. The molecule has 3 rings (SSSR count). The highest BCUT2D eigenvalue weighted by atomic mass is 32.2. The largest absolute Gasteiger partial charge is 0.296 e. The highest BCUT2D eigenvalue weighted by Gasteiger charge is 2.28. The standard InChI is InChI=1S/C16H23N5O2S/c1-13(14-3-8-17-9-4-14)21-11-6-15(7-12-21)19-24(22,23)16-5-10-18-20(16)2/h3-5,8-10,13,15,19H,6-7,11-12H2,1-2H3. The Kier molecular flexibility index (Phi) is 4.98.